The van der Waals surface area contributed by atoms with Crippen LogP contribution in [0.5, 0.6) is 11.5 Å². The number of ketones is 1. The standard InChI is InChI=1S/C22H24O3/c1-14(2)9-10-24-17-6-8-19-20(23)13-22(25-21(19)12-17)18-7-5-15(3)11-16(18)4/h5-9,11-12,22H,10,13H2,1-4H3. The molecule has 0 fully saturated rings. The van der Waals surface area contributed by atoms with Crippen LogP contribution in [0.25, 0.3) is 0 Å². The number of ether oxygens (including phenoxy) is 2. The molecule has 2 aromatic rings. The molecule has 2 aromatic carbocycles. The van der Waals surface area contributed by atoms with E-state index in [1.807, 2.05) is 32.1 Å². The fraction of sp³-hybridized carbons (Fsp3) is 0.318. The lowest BCUT2D eigenvalue weighted by molar-refractivity contribution is 0.0849. The molecule has 3 heteroatoms. The van der Waals surface area contributed by atoms with Gasteiger partial charge in [-0.1, -0.05) is 29.3 Å². The number of hydrogen-bond donors (Lipinski definition) is 0. The predicted molar refractivity (Wildman–Crippen MR) is 99.6 cm³/mol. The first kappa shape index (κ1) is 17.3. The topological polar surface area (TPSA) is 35.5 Å². The van der Waals surface area contributed by atoms with Gasteiger partial charge in [0, 0.05) is 6.07 Å². The molecule has 0 bridgehead atoms. The molecule has 0 saturated carbocycles. The molecule has 1 heterocycles. The molecule has 130 valence electrons. The van der Waals surface area contributed by atoms with E-state index < -0.39 is 0 Å². The van der Waals surface area contributed by atoms with Gasteiger partial charge in [0.05, 0.1) is 12.0 Å². The van der Waals surface area contributed by atoms with Crippen molar-refractivity contribution in [3.63, 3.8) is 0 Å². The van der Waals surface area contributed by atoms with Crippen molar-refractivity contribution in [1.82, 2.24) is 0 Å². The summed E-state index contributed by atoms with van der Waals surface area (Å²) in [5.41, 5.74) is 5.27. The monoisotopic (exact) mass is 336 g/mol. The number of carbonyl (C=O) groups is 1. The Bertz CT molecular complexity index is 829. The maximum Gasteiger partial charge on any atom is 0.170 e. The summed E-state index contributed by atoms with van der Waals surface area (Å²) in [6, 6.07) is 11.7. The molecule has 0 aromatic heterocycles. The molecule has 0 amide bonds. The van der Waals surface area contributed by atoms with Crippen molar-refractivity contribution in [3.8, 4) is 11.5 Å². The third-order valence-electron chi connectivity index (χ3n) is 4.41. The largest absolute Gasteiger partial charge is 0.489 e. The van der Waals surface area contributed by atoms with Gasteiger partial charge in [0.25, 0.3) is 0 Å². The molecule has 1 aliphatic heterocycles. The van der Waals surface area contributed by atoms with E-state index in [-0.39, 0.29) is 11.9 Å². The van der Waals surface area contributed by atoms with Crippen molar-refractivity contribution in [2.24, 2.45) is 0 Å². The zero-order chi connectivity index (χ0) is 18.0. The van der Waals surface area contributed by atoms with Gasteiger partial charge in [0.2, 0.25) is 0 Å². The molecule has 1 aliphatic rings. The normalized spacial score (nSPS) is 16.0. The van der Waals surface area contributed by atoms with Crippen molar-refractivity contribution < 1.29 is 14.3 Å². The van der Waals surface area contributed by atoms with Crippen LogP contribution in [0, 0.1) is 13.8 Å². The summed E-state index contributed by atoms with van der Waals surface area (Å²) in [6.45, 7) is 8.70. The Hall–Kier alpha value is -2.55. The Labute approximate surface area is 149 Å². The lowest BCUT2D eigenvalue weighted by atomic mass is 9.93. The summed E-state index contributed by atoms with van der Waals surface area (Å²) >= 11 is 0. The first-order chi connectivity index (χ1) is 11.9. The Kier molecular flexibility index (Phi) is 4.93. The average Bonchev–Trinajstić information content (AvgIpc) is 2.54. The van der Waals surface area contributed by atoms with Crippen LogP contribution in [0.1, 0.15) is 53.4 Å². The van der Waals surface area contributed by atoms with Crippen molar-refractivity contribution in [1.29, 1.82) is 0 Å². The number of carbonyl (C=O) groups excluding carboxylic acids is 1. The highest BCUT2D eigenvalue weighted by Gasteiger charge is 2.28. The van der Waals surface area contributed by atoms with E-state index in [9.17, 15) is 4.79 Å². The van der Waals surface area contributed by atoms with Crippen LogP contribution >= 0.6 is 0 Å². The number of rotatable bonds is 4. The van der Waals surface area contributed by atoms with E-state index in [0.717, 1.165) is 11.1 Å². The number of hydrogen-bond acceptors (Lipinski definition) is 3. The van der Waals surface area contributed by atoms with Gasteiger partial charge in [-0.05, 0) is 57.0 Å². The second kappa shape index (κ2) is 7.14. The van der Waals surface area contributed by atoms with Gasteiger partial charge in [-0.15, -0.1) is 0 Å². The first-order valence-electron chi connectivity index (χ1n) is 8.61. The summed E-state index contributed by atoms with van der Waals surface area (Å²) in [6.07, 6.45) is 2.15. The van der Waals surface area contributed by atoms with E-state index in [4.69, 9.17) is 9.47 Å². The van der Waals surface area contributed by atoms with Gasteiger partial charge in [0.15, 0.2) is 5.78 Å². The molecule has 3 nitrogen and oxygen atoms in total. The Morgan fingerprint density at radius 2 is 2.00 bits per heavy atom. The number of allylic oxidation sites excluding steroid dienone is 1. The Morgan fingerprint density at radius 3 is 2.72 bits per heavy atom. The molecule has 0 saturated heterocycles. The maximum absolute atomic E-state index is 12.5. The van der Waals surface area contributed by atoms with Crippen LogP contribution in [-0.4, -0.2) is 12.4 Å². The molecule has 1 unspecified atom stereocenters. The average molecular weight is 336 g/mol. The summed E-state index contributed by atoms with van der Waals surface area (Å²) in [5, 5.41) is 0. The molecule has 1 atom stereocenters. The highest BCUT2D eigenvalue weighted by molar-refractivity contribution is 6.00. The van der Waals surface area contributed by atoms with Crippen molar-refractivity contribution >= 4 is 5.78 Å². The van der Waals surface area contributed by atoms with E-state index in [1.165, 1.54) is 11.1 Å². The summed E-state index contributed by atoms with van der Waals surface area (Å²) in [5.74, 6) is 1.43. The summed E-state index contributed by atoms with van der Waals surface area (Å²) < 4.78 is 11.9. The van der Waals surface area contributed by atoms with Crippen LogP contribution in [0.15, 0.2) is 48.0 Å². The molecular formula is C22H24O3. The smallest absolute Gasteiger partial charge is 0.170 e. The first-order valence-corrected chi connectivity index (χ1v) is 8.61. The zero-order valence-corrected chi connectivity index (χ0v) is 15.3. The lowest BCUT2D eigenvalue weighted by Crippen LogP contribution is -2.21. The van der Waals surface area contributed by atoms with Crippen molar-refractivity contribution in [2.75, 3.05) is 6.61 Å². The Morgan fingerprint density at radius 1 is 1.20 bits per heavy atom. The lowest BCUT2D eigenvalue weighted by Gasteiger charge is -2.27. The number of aryl methyl sites for hydroxylation is 2. The number of Topliss-reactive ketones (excluding diaryl/α,β-unsaturated/α-hetero) is 1. The maximum atomic E-state index is 12.5. The molecule has 3 rings (SSSR count). The fourth-order valence-electron chi connectivity index (χ4n) is 3.06. The minimum atomic E-state index is -0.242. The third-order valence-corrected chi connectivity index (χ3v) is 4.41. The Balaban J connectivity index is 1.85. The number of benzene rings is 2. The predicted octanol–water partition coefficient (Wildman–Crippen LogP) is 5.35. The van der Waals surface area contributed by atoms with E-state index in [0.29, 0.717) is 30.1 Å². The van der Waals surface area contributed by atoms with Crippen molar-refractivity contribution in [2.45, 2.75) is 40.2 Å². The van der Waals surface area contributed by atoms with Gasteiger partial charge >= 0.3 is 0 Å². The molecule has 0 N–H and O–H groups in total. The van der Waals surface area contributed by atoms with E-state index in [2.05, 4.69) is 32.0 Å². The second-order valence-electron chi connectivity index (χ2n) is 6.84. The quantitative estimate of drug-likeness (QED) is 0.706. The summed E-state index contributed by atoms with van der Waals surface area (Å²) in [4.78, 5) is 12.5. The number of fused-ring (bicyclic) bond motifs is 1. The van der Waals surface area contributed by atoms with Gasteiger partial charge < -0.3 is 9.47 Å². The van der Waals surface area contributed by atoms with Gasteiger partial charge in [-0.3, -0.25) is 4.79 Å². The van der Waals surface area contributed by atoms with Crippen LogP contribution in [0.2, 0.25) is 0 Å². The minimum absolute atomic E-state index is 0.113. The SMILES string of the molecule is CC(C)=CCOc1ccc2c(c1)OC(c1ccc(C)cc1C)CC2=O. The molecule has 0 aliphatic carbocycles. The fourth-order valence-corrected chi connectivity index (χ4v) is 3.06. The molecule has 0 spiro atoms. The second-order valence-corrected chi connectivity index (χ2v) is 6.84. The highest BCUT2D eigenvalue weighted by atomic mass is 16.5. The van der Waals surface area contributed by atoms with Crippen LogP contribution in [-0.2, 0) is 0 Å². The van der Waals surface area contributed by atoms with E-state index in [1.54, 1.807) is 6.07 Å². The molecule has 25 heavy (non-hydrogen) atoms. The van der Waals surface area contributed by atoms with Crippen LogP contribution in [0.4, 0.5) is 0 Å². The summed E-state index contributed by atoms with van der Waals surface area (Å²) in [7, 11) is 0. The zero-order valence-electron chi connectivity index (χ0n) is 15.3. The minimum Gasteiger partial charge on any atom is -0.489 e. The van der Waals surface area contributed by atoms with E-state index >= 15 is 0 Å². The molecular weight excluding hydrogens is 312 g/mol. The van der Waals surface area contributed by atoms with Gasteiger partial charge in [-0.25, -0.2) is 0 Å². The highest BCUT2D eigenvalue weighted by Crippen LogP contribution is 2.38. The van der Waals surface area contributed by atoms with Crippen LogP contribution < -0.4 is 9.47 Å². The van der Waals surface area contributed by atoms with Crippen LogP contribution in [0.3, 0.4) is 0 Å². The molecule has 0 radical (unpaired) electrons. The van der Waals surface area contributed by atoms with Crippen molar-refractivity contribution in [3.05, 3.63) is 70.3 Å². The van der Waals surface area contributed by atoms with Gasteiger partial charge in [-0.2, -0.15) is 0 Å². The third kappa shape index (κ3) is 3.93. The van der Waals surface area contributed by atoms with Gasteiger partial charge in [0.1, 0.15) is 24.2 Å².